The standard InChI is InChI=1S/C30H31F2N3O4S2/c1-2-20-6-3-7-21(12-20)18-33-27(15-22-13-24(31)17-25(32)14-22)28(36)19-34-30(37)23-8-4-9-26(16-23)35-41(38,39)29-10-5-11-40-29/h3-14,16-17,27-28,33,35-36H,2,15,18-19H2,1H3,(H,34,37)/t27?,28-/m1/s1. The molecule has 0 radical (unpaired) electrons. The lowest BCUT2D eigenvalue weighted by Gasteiger charge is -2.25. The van der Waals surface area contributed by atoms with Crippen molar-refractivity contribution in [3.8, 4) is 0 Å². The van der Waals surface area contributed by atoms with E-state index in [1.807, 2.05) is 24.3 Å². The van der Waals surface area contributed by atoms with Gasteiger partial charge in [-0.15, -0.1) is 11.3 Å². The monoisotopic (exact) mass is 599 g/mol. The molecular formula is C30H31F2N3O4S2. The Bertz CT molecular complexity index is 1560. The molecule has 0 spiro atoms. The second kappa shape index (κ2) is 13.8. The van der Waals surface area contributed by atoms with Crippen molar-refractivity contribution in [3.05, 3.63) is 118 Å². The van der Waals surface area contributed by atoms with E-state index < -0.39 is 39.7 Å². The van der Waals surface area contributed by atoms with E-state index in [2.05, 4.69) is 22.3 Å². The fourth-order valence-corrected chi connectivity index (χ4v) is 6.37. The van der Waals surface area contributed by atoms with Gasteiger partial charge in [-0.25, -0.2) is 17.2 Å². The number of nitrogens with one attached hydrogen (secondary N) is 3. The molecule has 0 fully saturated rings. The zero-order chi connectivity index (χ0) is 29.4. The molecule has 1 aromatic heterocycles. The highest BCUT2D eigenvalue weighted by Crippen LogP contribution is 2.21. The average Bonchev–Trinajstić information content (AvgIpc) is 3.50. The molecule has 0 saturated carbocycles. The van der Waals surface area contributed by atoms with Crippen LogP contribution >= 0.6 is 11.3 Å². The second-order valence-corrected chi connectivity index (χ2v) is 12.4. The first kappa shape index (κ1) is 30.3. The average molecular weight is 600 g/mol. The maximum atomic E-state index is 13.8. The number of amides is 1. The van der Waals surface area contributed by atoms with Crippen molar-refractivity contribution in [1.82, 2.24) is 10.6 Å². The van der Waals surface area contributed by atoms with Crippen molar-refractivity contribution in [3.63, 3.8) is 0 Å². The predicted octanol–water partition coefficient (Wildman–Crippen LogP) is 4.88. The summed E-state index contributed by atoms with van der Waals surface area (Å²) in [6, 6.07) is 19.6. The van der Waals surface area contributed by atoms with Gasteiger partial charge in [0, 0.05) is 36.4 Å². The fourth-order valence-electron chi connectivity index (χ4n) is 4.32. The Morgan fingerprint density at radius 2 is 1.66 bits per heavy atom. The highest BCUT2D eigenvalue weighted by atomic mass is 32.2. The van der Waals surface area contributed by atoms with Gasteiger partial charge in [-0.05, 0) is 71.3 Å². The van der Waals surface area contributed by atoms with E-state index in [1.165, 1.54) is 36.4 Å². The summed E-state index contributed by atoms with van der Waals surface area (Å²) < 4.78 is 55.4. The van der Waals surface area contributed by atoms with Crippen molar-refractivity contribution in [2.75, 3.05) is 11.3 Å². The van der Waals surface area contributed by atoms with Crippen LogP contribution in [0.15, 0.2) is 88.5 Å². The molecule has 1 heterocycles. The highest BCUT2D eigenvalue weighted by molar-refractivity contribution is 7.94. The maximum absolute atomic E-state index is 13.8. The Morgan fingerprint density at radius 1 is 0.927 bits per heavy atom. The van der Waals surface area contributed by atoms with E-state index in [0.717, 1.165) is 35.0 Å². The third-order valence-electron chi connectivity index (χ3n) is 6.42. The van der Waals surface area contributed by atoms with Gasteiger partial charge in [0.05, 0.1) is 6.10 Å². The van der Waals surface area contributed by atoms with Gasteiger partial charge in [0.1, 0.15) is 15.8 Å². The molecule has 4 aromatic rings. The van der Waals surface area contributed by atoms with E-state index in [4.69, 9.17) is 0 Å². The number of carbonyl (C=O) groups is 1. The first-order valence-corrected chi connectivity index (χ1v) is 15.4. The van der Waals surface area contributed by atoms with Crippen LogP contribution in [0.2, 0.25) is 0 Å². The van der Waals surface area contributed by atoms with Crippen LogP contribution in [0.4, 0.5) is 14.5 Å². The summed E-state index contributed by atoms with van der Waals surface area (Å²) in [5, 5.41) is 18.6. The van der Waals surface area contributed by atoms with E-state index in [9.17, 15) is 27.1 Å². The van der Waals surface area contributed by atoms with Crippen molar-refractivity contribution in [1.29, 1.82) is 0 Å². The summed E-state index contributed by atoms with van der Waals surface area (Å²) in [7, 11) is -3.78. The number of carbonyl (C=O) groups excluding carboxylic acids is 1. The van der Waals surface area contributed by atoms with Crippen molar-refractivity contribution < 1.29 is 27.1 Å². The SMILES string of the molecule is CCc1cccc(CNC(Cc2cc(F)cc(F)c2)[C@H](O)CNC(=O)c2cccc(NS(=O)(=O)c3cccs3)c2)c1. The van der Waals surface area contributed by atoms with Crippen LogP contribution in [0.3, 0.4) is 0 Å². The summed E-state index contributed by atoms with van der Waals surface area (Å²) in [5.74, 6) is -1.95. The number of anilines is 1. The van der Waals surface area contributed by atoms with Gasteiger partial charge in [0.15, 0.2) is 0 Å². The molecule has 0 aliphatic carbocycles. The van der Waals surface area contributed by atoms with Gasteiger partial charge in [0.2, 0.25) is 0 Å². The smallest absolute Gasteiger partial charge is 0.271 e. The molecule has 11 heteroatoms. The number of hydrogen-bond donors (Lipinski definition) is 4. The number of sulfonamides is 1. The number of benzene rings is 3. The lowest BCUT2D eigenvalue weighted by atomic mass is 10.00. The van der Waals surface area contributed by atoms with E-state index in [1.54, 1.807) is 17.5 Å². The van der Waals surface area contributed by atoms with Crippen LogP contribution in [0.5, 0.6) is 0 Å². The number of rotatable bonds is 13. The van der Waals surface area contributed by atoms with Gasteiger partial charge in [-0.1, -0.05) is 43.3 Å². The molecule has 0 aliphatic heterocycles. The summed E-state index contributed by atoms with van der Waals surface area (Å²) in [5.41, 5.74) is 2.90. The van der Waals surface area contributed by atoms with Gasteiger partial charge in [-0.3, -0.25) is 9.52 Å². The van der Waals surface area contributed by atoms with Gasteiger partial charge >= 0.3 is 0 Å². The summed E-state index contributed by atoms with van der Waals surface area (Å²) in [6.07, 6.45) is -0.134. The van der Waals surface area contributed by atoms with E-state index in [-0.39, 0.29) is 28.4 Å². The Hall–Kier alpha value is -3.64. The van der Waals surface area contributed by atoms with Crippen LogP contribution < -0.4 is 15.4 Å². The van der Waals surface area contributed by atoms with Gasteiger partial charge in [0.25, 0.3) is 15.9 Å². The fraction of sp³-hybridized carbons (Fsp3) is 0.233. The normalized spacial score (nSPS) is 13.0. The topological polar surface area (TPSA) is 108 Å². The minimum absolute atomic E-state index is 0.110. The van der Waals surface area contributed by atoms with Crippen LogP contribution in [0, 0.1) is 11.6 Å². The lowest BCUT2D eigenvalue weighted by molar-refractivity contribution is 0.0875. The number of aryl methyl sites for hydroxylation is 1. The van der Waals surface area contributed by atoms with Crippen LogP contribution in [0.25, 0.3) is 0 Å². The first-order chi connectivity index (χ1) is 19.6. The molecule has 2 atom stereocenters. The third kappa shape index (κ3) is 8.67. The summed E-state index contributed by atoms with van der Waals surface area (Å²) >= 11 is 1.07. The van der Waals surface area contributed by atoms with E-state index >= 15 is 0 Å². The zero-order valence-corrected chi connectivity index (χ0v) is 23.9. The zero-order valence-electron chi connectivity index (χ0n) is 22.3. The molecule has 4 rings (SSSR count). The molecule has 41 heavy (non-hydrogen) atoms. The summed E-state index contributed by atoms with van der Waals surface area (Å²) in [6.45, 7) is 2.29. The van der Waals surface area contributed by atoms with Gasteiger partial charge in [-0.2, -0.15) is 0 Å². The Kier molecular flexibility index (Phi) is 10.2. The Labute approximate surface area is 242 Å². The molecule has 0 aliphatic rings. The van der Waals surface area contributed by atoms with Crippen molar-refractivity contribution in [2.24, 2.45) is 0 Å². The number of thiophene rings is 1. The van der Waals surface area contributed by atoms with E-state index in [0.29, 0.717) is 12.1 Å². The second-order valence-electron chi connectivity index (χ2n) is 9.54. The molecule has 1 amide bonds. The quantitative estimate of drug-likeness (QED) is 0.175. The van der Waals surface area contributed by atoms with Crippen LogP contribution in [-0.2, 0) is 29.4 Å². The number of aliphatic hydroxyl groups is 1. The minimum Gasteiger partial charge on any atom is -0.390 e. The molecule has 216 valence electrons. The number of aliphatic hydroxyl groups excluding tert-OH is 1. The predicted molar refractivity (Wildman–Crippen MR) is 156 cm³/mol. The molecule has 0 saturated heterocycles. The largest absolute Gasteiger partial charge is 0.390 e. The Balaban J connectivity index is 1.43. The minimum atomic E-state index is -3.78. The number of halogens is 2. The summed E-state index contributed by atoms with van der Waals surface area (Å²) in [4.78, 5) is 12.9. The van der Waals surface area contributed by atoms with Crippen molar-refractivity contribution in [2.45, 2.75) is 42.7 Å². The van der Waals surface area contributed by atoms with Gasteiger partial charge < -0.3 is 15.7 Å². The number of hydrogen-bond acceptors (Lipinski definition) is 6. The maximum Gasteiger partial charge on any atom is 0.271 e. The molecule has 4 N–H and O–H groups in total. The lowest BCUT2D eigenvalue weighted by Crippen LogP contribution is -2.47. The molecule has 1 unspecified atom stereocenters. The molecule has 0 bridgehead atoms. The first-order valence-electron chi connectivity index (χ1n) is 13.0. The highest BCUT2D eigenvalue weighted by Gasteiger charge is 2.22. The molecule has 3 aromatic carbocycles. The van der Waals surface area contributed by atoms with Crippen LogP contribution in [-0.4, -0.2) is 38.1 Å². The Morgan fingerprint density at radius 3 is 2.37 bits per heavy atom. The third-order valence-corrected chi connectivity index (χ3v) is 9.20. The molecular weight excluding hydrogens is 568 g/mol. The molecule has 7 nitrogen and oxygen atoms in total. The van der Waals surface area contributed by atoms with Crippen LogP contribution in [0.1, 0.15) is 34.0 Å². The van der Waals surface area contributed by atoms with Crippen molar-refractivity contribution >= 4 is 33.0 Å².